The van der Waals surface area contributed by atoms with Gasteiger partial charge in [0, 0.05) is 22.3 Å². The Hall–Kier alpha value is -1.78. The van der Waals surface area contributed by atoms with Crippen LogP contribution in [0.15, 0.2) is 36.5 Å². The van der Waals surface area contributed by atoms with Crippen molar-refractivity contribution in [1.29, 1.82) is 0 Å². The SMILES string of the molecule is CC(C)CNC(=O)c1ccc(Nc2cc(Cl)cc(Cl)c2)cn1. The smallest absolute Gasteiger partial charge is 0.269 e. The van der Waals surface area contributed by atoms with E-state index in [1.54, 1.807) is 36.5 Å². The number of rotatable bonds is 5. The minimum atomic E-state index is -0.175. The van der Waals surface area contributed by atoms with E-state index in [9.17, 15) is 4.79 Å². The number of hydrogen-bond acceptors (Lipinski definition) is 3. The van der Waals surface area contributed by atoms with Gasteiger partial charge in [-0.15, -0.1) is 0 Å². The Kier molecular flexibility index (Phi) is 5.63. The fourth-order valence-corrected chi connectivity index (χ4v) is 2.31. The molecular weight excluding hydrogens is 321 g/mol. The molecule has 0 radical (unpaired) electrons. The maximum Gasteiger partial charge on any atom is 0.269 e. The van der Waals surface area contributed by atoms with E-state index in [2.05, 4.69) is 15.6 Å². The number of aromatic nitrogens is 1. The molecule has 2 rings (SSSR count). The second-order valence-corrected chi connectivity index (χ2v) is 6.19. The zero-order chi connectivity index (χ0) is 16.1. The molecule has 6 heteroatoms. The number of nitrogens with one attached hydrogen (secondary N) is 2. The average Bonchev–Trinajstić information content (AvgIpc) is 2.44. The maximum absolute atomic E-state index is 11.9. The molecule has 4 nitrogen and oxygen atoms in total. The predicted molar refractivity (Wildman–Crippen MR) is 91.2 cm³/mol. The van der Waals surface area contributed by atoms with Crippen LogP contribution in [0.3, 0.4) is 0 Å². The summed E-state index contributed by atoms with van der Waals surface area (Å²) in [5.41, 5.74) is 1.89. The second-order valence-electron chi connectivity index (χ2n) is 5.32. The average molecular weight is 338 g/mol. The monoisotopic (exact) mass is 337 g/mol. The Morgan fingerprint density at radius 2 is 1.82 bits per heavy atom. The van der Waals surface area contributed by atoms with Crippen LogP contribution in [0, 0.1) is 5.92 Å². The summed E-state index contributed by atoms with van der Waals surface area (Å²) < 4.78 is 0. The summed E-state index contributed by atoms with van der Waals surface area (Å²) in [6, 6.07) is 8.64. The van der Waals surface area contributed by atoms with Gasteiger partial charge in [0.25, 0.3) is 5.91 Å². The van der Waals surface area contributed by atoms with E-state index < -0.39 is 0 Å². The lowest BCUT2D eigenvalue weighted by Crippen LogP contribution is -2.27. The van der Waals surface area contributed by atoms with Gasteiger partial charge in [-0.25, -0.2) is 4.98 Å². The molecule has 22 heavy (non-hydrogen) atoms. The molecule has 116 valence electrons. The topological polar surface area (TPSA) is 54.0 Å². The highest BCUT2D eigenvalue weighted by Gasteiger charge is 2.07. The van der Waals surface area contributed by atoms with E-state index in [4.69, 9.17) is 23.2 Å². The van der Waals surface area contributed by atoms with E-state index in [-0.39, 0.29) is 5.91 Å². The first-order chi connectivity index (χ1) is 10.4. The Labute approximate surface area is 139 Å². The molecule has 1 aromatic carbocycles. The van der Waals surface area contributed by atoms with Crippen LogP contribution in [-0.2, 0) is 0 Å². The molecule has 2 N–H and O–H groups in total. The fraction of sp³-hybridized carbons (Fsp3) is 0.250. The number of hydrogen-bond donors (Lipinski definition) is 2. The highest BCUT2D eigenvalue weighted by atomic mass is 35.5. The van der Waals surface area contributed by atoms with Gasteiger partial charge < -0.3 is 10.6 Å². The molecule has 0 aliphatic carbocycles. The van der Waals surface area contributed by atoms with Gasteiger partial charge in [-0.05, 0) is 36.2 Å². The fourth-order valence-electron chi connectivity index (χ4n) is 1.78. The van der Waals surface area contributed by atoms with Crippen LogP contribution in [0.5, 0.6) is 0 Å². The molecular formula is C16H17Cl2N3O. The third-order valence-electron chi connectivity index (χ3n) is 2.82. The van der Waals surface area contributed by atoms with Gasteiger partial charge >= 0.3 is 0 Å². The van der Waals surface area contributed by atoms with Crippen LogP contribution in [0.1, 0.15) is 24.3 Å². The van der Waals surface area contributed by atoms with Gasteiger partial charge in [0.15, 0.2) is 0 Å². The van der Waals surface area contributed by atoms with Crippen molar-refractivity contribution in [3.8, 4) is 0 Å². The summed E-state index contributed by atoms with van der Waals surface area (Å²) in [4.78, 5) is 16.0. The van der Waals surface area contributed by atoms with Crippen molar-refractivity contribution in [1.82, 2.24) is 10.3 Å². The Morgan fingerprint density at radius 3 is 2.36 bits per heavy atom. The summed E-state index contributed by atoms with van der Waals surface area (Å²) >= 11 is 11.9. The van der Waals surface area contributed by atoms with Crippen molar-refractivity contribution >= 4 is 40.5 Å². The molecule has 0 aliphatic heterocycles. The summed E-state index contributed by atoms with van der Waals surface area (Å²) in [6.45, 7) is 4.70. The largest absolute Gasteiger partial charge is 0.354 e. The molecule has 1 heterocycles. The van der Waals surface area contributed by atoms with Gasteiger partial charge in [-0.3, -0.25) is 4.79 Å². The Bertz CT molecular complexity index is 637. The Morgan fingerprint density at radius 1 is 1.14 bits per heavy atom. The molecule has 0 saturated heterocycles. The van der Waals surface area contributed by atoms with Crippen molar-refractivity contribution in [2.75, 3.05) is 11.9 Å². The normalized spacial score (nSPS) is 10.6. The first-order valence-electron chi connectivity index (χ1n) is 6.91. The molecule has 0 atom stereocenters. The summed E-state index contributed by atoms with van der Waals surface area (Å²) in [5.74, 6) is 0.225. The zero-order valence-electron chi connectivity index (χ0n) is 12.4. The molecule has 0 fully saturated rings. The summed E-state index contributed by atoms with van der Waals surface area (Å²) in [6.07, 6.45) is 1.60. The second kappa shape index (κ2) is 7.47. The van der Waals surface area contributed by atoms with E-state index in [1.165, 1.54) is 0 Å². The number of halogens is 2. The number of nitrogens with zero attached hydrogens (tertiary/aromatic N) is 1. The number of amides is 1. The molecule has 0 aliphatic rings. The van der Waals surface area contributed by atoms with Crippen LogP contribution < -0.4 is 10.6 Å². The summed E-state index contributed by atoms with van der Waals surface area (Å²) in [5, 5.41) is 7.06. The van der Waals surface area contributed by atoms with Crippen molar-refractivity contribution in [2.24, 2.45) is 5.92 Å². The van der Waals surface area contributed by atoms with Crippen LogP contribution in [0.25, 0.3) is 0 Å². The quantitative estimate of drug-likeness (QED) is 0.843. The minimum absolute atomic E-state index is 0.175. The Balaban J connectivity index is 2.04. The van der Waals surface area contributed by atoms with Gasteiger partial charge in [-0.2, -0.15) is 0 Å². The standard InChI is InChI=1S/C16H17Cl2N3O/c1-10(2)8-20-16(22)15-4-3-13(9-19-15)21-14-6-11(17)5-12(18)7-14/h3-7,9-10,21H,8H2,1-2H3,(H,20,22). The van der Waals surface area contributed by atoms with Crippen LogP contribution in [0.2, 0.25) is 10.0 Å². The molecule has 0 saturated carbocycles. The molecule has 0 bridgehead atoms. The van der Waals surface area contributed by atoms with Crippen molar-refractivity contribution < 1.29 is 4.79 Å². The first kappa shape index (κ1) is 16.6. The van der Waals surface area contributed by atoms with Crippen molar-refractivity contribution in [3.05, 3.63) is 52.3 Å². The minimum Gasteiger partial charge on any atom is -0.354 e. The van der Waals surface area contributed by atoms with Gasteiger partial charge in [0.1, 0.15) is 5.69 Å². The third kappa shape index (κ3) is 4.90. The molecule has 0 spiro atoms. The third-order valence-corrected chi connectivity index (χ3v) is 3.25. The van der Waals surface area contributed by atoms with Gasteiger partial charge in [-0.1, -0.05) is 37.0 Å². The summed E-state index contributed by atoms with van der Waals surface area (Å²) in [7, 11) is 0. The molecule has 1 amide bonds. The van der Waals surface area contributed by atoms with E-state index in [0.29, 0.717) is 28.2 Å². The first-order valence-corrected chi connectivity index (χ1v) is 7.67. The van der Waals surface area contributed by atoms with E-state index in [0.717, 1.165) is 11.4 Å². The maximum atomic E-state index is 11.9. The highest BCUT2D eigenvalue weighted by Crippen LogP contribution is 2.25. The number of anilines is 2. The number of pyridine rings is 1. The van der Waals surface area contributed by atoms with Gasteiger partial charge in [0.05, 0.1) is 11.9 Å². The lowest BCUT2D eigenvalue weighted by atomic mass is 10.2. The van der Waals surface area contributed by atoms with Crippen molar-refractivity contribution in [2.45, 2.75) is 13.8 Å². The number of carbonyl (C=O) groups excluding carboxylic acids is 1. The molecule has 2 aromatic rings. The lowest BCUT2D eigenvalue weighted by Gasteiger charge is -2.09. The van der Waals surface area contributed by atoms with Crippen LogP contribution in [-0.4, -0.2) is 17.4 Å². The molecule has 1 aromatic heterocycles. The van der Waals surface area contributed by atoms with E-state index in [1.807, 2.05) is 13.8 Å². The van der Waals surface area contributed by atoms with Crippen LogP contribution in [0.4, 0.5) is 11.4 Å². The van der Waals surface area contributed by atoms with Gasteiger partial charge in [0.2, 0.25) is 0 Å². The lowest BCUT2D eigenvalue weighted by molar-refractivity contribution is 0.0944. The van der Waals surface area contributed by atoms with Crippen molar-refractivity contribution in [3.63, 3.8) is 0 Å². The van der Waals surface area contributed by atoms with Crippen LogP contribution >= 0.6 is 23.2 Å². The predicted octanol–water partition coefficient (Wildman–Crippen LogP) is 4.52. The highest BCUT2D eigenvalue weighted by molar-refractivity contribution is 6.35. The van der Waals surface area contributed by atoms with E-state index >= 15 is 0 Å². The number of benzene rings is 1. The molecule has 0 unspecified atom stereocenters. The number of carbonyl (C=O) groups is 1. The zero-order valence-corrected chi connectivity index (χ0v) is 13.9.